The van der Waals surface area contributed by atoms with Crippen LogP contribution >= 0.6 is 0 Å². The fourth-order valence-electron chi connectivity index (χ4n) is 2.39. The van der Waals surface area contributed by atoms with Gasteiger partial charge in [0.2, 0.25) is 0 Å². The number of fused-ring (bicyclic) bond motifs is 2. The van der Waals surface area contributed by atoms with Gasteiger partial charge in [0.25, 0.3) is 5.91 Å². The zero-order valence-corrected chi connectivity index (χ0v) is 11.3. The molecule has 0 radical (unpaired) electrons. The normalized spacial score (nSPS) is 11.1. The molecule has 2 aromatic carbocycles. The van der Waals surface area contributed by atoms with Crippen LogP contribution in [0.5, 0.6) is 0 Å². The van der Waals surface area contributed by atoms with Gasteiger partial charge < -0.3 is 15.3 Å². The molecule has 108 valence electrons. The highest BCUT2D eigenvalue weighted by Crippen LogP contribution is 2.18. The summed E-state index contributed by atoms with van der Waals surface area (Å²) in [6.07, 6.45) is 1.72. The Hall–Kier alpha value is -3.35. The SMILES string of the molecule is O=C(Nc1ccc2cn[nH]c2c1)c1ccc2[nH]c(=O)[nH]c2c1. The third-order valence-corrected chi connectivity index (χ3v) is 3.48. The highest BCUT2D eigenvalue weighted by Gasteiger charge is 2.09. The molecule has 4 rings (SSSR count). The maximum atomic E-state index is 12.3. The average Bonchev–Trinajstić information content (AvgIpc) is 3.10. The molecule has 2 aromatic heterocycles. The number of benzene rings is 2. The molecule has 2 heterocycles. The number of hydrogen-bond acceptors (Lipinski definition) is 3. The van der Waals surface area contributed by atoms with Crippen LogP contribution in [0, 0.1) is 0 Å². The summed E-state index contributed by atoms with van der Waals surface area (Å²) < 4.78 is 0. The van der Waals surface area contributed by atoms with Gasteiger partial charge in [-0.1, -0.05) is 0 Å². The van der Waals surface area contributed by atoms with Crippen LogP contribution in [0.1, 0.15) is 10.4 Å². The second-order valence-electron chi connectivity index (χ2n) is 4.97. The highest BCUT2D eigenvalue weighted by molar-refractivity contribution is 6.06. The van der Waals surface area contributed by atoms with Gasteiger partial charge in [-0.15, -0.1) is 0 Å². The Kier molecular flexibility index (Phi) is 2.59. The first-order valence-electron chi connectivity index (χ1n) is 6.65. The Labute approximate surface area is 123 Å². The number of hydrogen-bond donors (Lipinski definition) is 4. The van der Waals surface area contributed by atoms with E-state index in [1.165, 1.54) is 0 Å². The minimum Gasteiger partial charge on any atom is -0.322 e. The average molecular weight is 293 g/mol. The lowest BCUT2D eigenvalue weighted by atomic mass is 10.1. The minimum atomic E-state index is -0.294. The summed E-state index contributed by atoms with van der Waals surface area (Å²) in [4.78, 5) is 28.8. The number of anilines is 1. The minimum absolute atomic E-state index is 0.247. The fourth-order valence-corrected chi connectivity index (χ4v) is 2.39. The zero-order valence-electron chi connectivity index (χ0n) is 11.3. The standard InChI is InChI=1S/C15H11N5O2/c21-14(8-2-4-11-13(5-8)19-15(22)18-11)17-10-3-1-9-7-16-20-12(9)6-10/h1-7H,(H,16,20)(H,17,21)(H2,18,19,22). The van der Waals surface area contributed by atoms with Crippen LogP contribution in [0.4, 0.5) is 5.69 Å². The van der Waals surface area contributed by atoms with Gasteiger partial charge in [0.05, 0.1) is 22.7 Å². The molecule has 7 heteroatoms. The van der Waals surface area contributed by atoms with E-state index < -0.39 is 0 Å². The van der Waals surface area contributed by atoms with Gasteiger partial charge in [-0.3, -0.25) is 9.89 Å². The van der Waals surface area contributed by atoms with Crippen molar-refractivity contribution in [2.45, 2.75) is 0 Å². The van der Waals surface area contributed by atoms with Crippen LogP contribution in [0.2, 0.25) is 0 Å². The molecule has 22 heavy (non-hydrogen) atoms. The van der Waals surface area contributed by atoms with E-state index in [0.717, 1.165) is 10.9 Å². The second kappa shape index (κ2) is 4.59. The van der Waals surface area contributed by atoms with Gasteiger partial charge in [-0.2, -0.15) is 5.10 Å². The number of rotatable bonds is 2. The van der Waals surface area contributed by atoms with E-state index in [9.17, 15) is 9.59 Å². The molecule has 0 aliphatic carbocycles. The highest BCUT2D eigenvalue weighted by atomic mass is 16.2. The molecule has 7 nitrogen and oxygen atoms in total. The summed E-state index contributed by atoms with van der Waals surface area (Å²) in [6.45, 7) is 0. The van der Waals surface area contributed by atoms with E-state index in [1.807, 2.05) is 18.2 Å². The number of amides is 1. The summed E-state index contributed by atoms with van der Waals surface area (Å²) in [7, 11) is 0. The van der Waals surface area contributed by atoms with Crippen LogP contribution in [0.15, 0.2) is 47.4 Å². The molecule has 0 spiro atoms. The third-order valence-electron chi connectivity index (χ3n) is 3.48. The predicted molar refractivity (Wildman–Crippen MR) is 83.0 cm³/mol. The quantitative estimate of drug-likeness (QED) is 0.454. The summed E-state index contributed by atoms with van der Waals surface area (Å²) >= 11 is 0. The molecule has 0 saturated heterocycles. The Morgan fingerprint density at radius 1 is 1.00 bits per heavy atom. The molecule has 0 aliphatic heterocycles. The first kappa shape index (κ1) is 12.4. The van der Waals surface area contributed by atoms with E-state index >= 15 is 0 Å². The van der Waals surface area contributed by atoms with Gasteiger partial charge in [0.1, 0.15) is 0 Å². The largest absolute Gasteiger partial charge is 0.323 e. The third kappa shape index (κ3) is 2.05. The van der Waals surface area contributed by atoms with E-state index in [4.69, 9.17) is 0 Å². The van der Waals surface area contributed by atoms with Crippen LogP contribution in [-0.2, 0) is 0 Å². The number of H-pyrrole nitrogens is 3. The van der Waals surface area contributed by atoms with Gasteiger partial charge >= 0.3 is 5.69 Å². The van der Waals surface area contributed by atoms with Gasteiger partial charge in [-0.25, -0.2) is 4.79 Å². The summed E-state index contributed by atoms with van der Waals surface area (Å²) in [6, 6.07) is 10.5. The van der Waals surface area contributed by atoms with Crippen molar-refractivity contribution >= 4 is 33.5 Å². The van der Waals surface area contributed by atoms with E-state index in [2.05, 4.69) is 25.5 Å². The number of carbonyl (C=O) groups excluding carboxylic acids is 1. The number of nitrogens with one attached hydrogen (secondary N) is 4. The molecule has 1 amide bonds. The van der Waals surface area contributed by atoms with Gasteiger partial charge in [-0.05, 0) is 36.4 Å². The van der Waals surface area contributed by atoms with Gasteiger partial charge in [0.15, 0.2) is 0 Å². The molecule has 4 aromatic rings. The van der Waals surface area contributed by atoms with Crippen molar-refractivity contribution in [3.05, 3.63) is 58.6 Å². The summed E-state index contributed by atoms with van der Waals surface area (Å²) in [5.41, 5.74) is 2.96. The lowest BCUT2D eigenvalue weighted by molar-refractivity contribution is 0.102. The van der Waals surface area contributed by atoms with Crippen LogP contribution in [-0.4, -0.2) is 26.1 Å². The molecule has 0 unspecified atom stereocenters. The van der Waals surface area contributed by atoms with Gasteiger partial charge in [0, 0.05) is 16.6 Å². The number of aromatic nitrogens is 4. The van der Waals surface area contributed by atoms with Crippen molar-refractivity contribution in [3.8, 4) is 0 Å². The summed E-state index contributed by atoms with van der Waals surface area (Å²) in [5.74, 6) is -0.247. The number of carbonyl (C=O) groups is 1. The Morgan fingerprint density at radius 3 is 2.77 bits per heavy atom. The first-order chi connectivity index (χ1) is 10.7. The maximum absolute atomic E-state index is 12.3. The van der Waals surface area contributed by atoms with Crippen molar-refractivity contribution in [1.82, 2.24) is 20.2 Å². The van der Waals surface area contributed by atoms with Crippen LogP contribution in [0.25, 0.3) is 21.9 Å². The van der Waals surface area contributed by atoms with Crippen molar-refractivity contribution in [3.63, 3.8) is 0 Å². The van der Waals surface area contributed by atoms with Crippen molar-refractivity contribution in [1.29, 1.82) is 0 Å². The smallest absolute Gasteiger partial charge is 0.322 e. The van der Waals surface area contributed by atoms with Crippen molar-refractivity contribution in [2.24, 2.45) is 0 Å². The summed E-state index contributed by atoms with van der Waals surface area (Å²) in [5, 5.41) is 10.6. The Balaban J connectivity index is 1.65. The van der Waals surface area contributed by atoms with Crippen LogP contribution < -0.4 is 11.0 Å². The Morgan fingerprint density at radius 2 is 1.86 bits per heavy atom. The predicted octanol–water partition coefficient (Wildman–Crippen LogP) is 1.98. The van der Waals surface area contributed by atoms with Crippen molar-refractivity contribution < 1.29 is 4.79 Å². The first-order valence-corrected chi connectivity index (χ1v) is 6.65. The Bertz CT molecular complexity index is 1060. The lowest BCUT2D eigenvalue weighted by Gasteiger charge is -2.05. The maximum Gasteiger partial charge on any atom is 0.323 e. The second-order valence-corrected chi connectivity index (χ2v) is 4.97. The molecule has 0 aliphatic rings. The monoisotopic (exact) mass is 293 g/mol. The molecule has 0 saturated carbocycles. The molecule has 0 bridgehead atoms. The van der Waals surface area contributed by atoms with Crippen molar-refractivity contribution in [2.75, 3.05) is 5.32 Å². The lowest BCUT2D eigenvalue weighted by Crippen LogP contribution is -2.11. The number of imidazole rings is 1. The number of aromatic amines is 3. The van der Waals surface area contributed by atoms with E-state index in [0.29, 0.717) is 22.3 Å². The number of nitrogens with zero attached hydrogens (tertiary/aromatic N) is 1. The molecule has 0 atom stereocenters. The molecular weight excluding hydrogens is 282 g/mol. The van der Waals surface area contributed by atoms with Crippen LogP contribution in [0.3, 0.4) is 0 Å². The van der Waals surface area contributed by atoms with E-state index in [-0.39, 0.29) is 11.6 Å². The topological polar surface area (TPSA) is 106 Å². The zero-order chi connectivity index (χ0) is 15.1. The molecule has 4 N–H and O–H groups in total. The molecule has 0 fully saturated rings. The fraction of sp³-hybridized carbons (Fsp3) is 0. The van der Waals surface area contributed by atoms with E-state index in [1.54, 1.807) is 24.4 Å². The molecular formula is C15H11N5O2.